The number of nitrogens with zero attached hydrogens (tertiary/aromatic N) is 2. The zero-order valence-electron chi connectivity index (χ0n) is 15.7. The fourth-order valence-corrected chi connectivity index (χ4v) is 5.04. The van der Waals surface area contributed by atoms with E-state index in [-0.39, 0.29) is 17.7 Å². The molecule has 1 N–H and O–H groups in total. The average molecular weight is 399 g/mol. The Hall–Kier alpha value is -1.91. The van der Waals surface area contributed by atoms with Crippen molar-refractivity contribution in [3.8, 4) is 0 Å². The summed E-state index contributed by atoms with van der Waals surface area (Å²) >= 11 is 5.89. The van der Waals surface area contributed by atoms with Crippen LogP contribution in [0.15, 0.2) is 42.9 Å². The second-order valence-corrected chi connectivity index (χ2v) is 8.80. The number of halogens is 2. The van der Waals surface area contributed by atoms with Crippen molar-refractivity contribution < 1.29 is 9.50 Å². The SMILES string of the molecule is O[C@H](c1c(C2CC2)ccc2cncn12)C1CCC(c2ccc(Cl)cc2F)CC1. The molecule has 3 nitrogen and oxygen atoms in total. The molecular formula is C23H24ClFN2O. The Labute approximate surface area is 169 Å². The van der Waals surface area contributed by atoms with Crippen molar-refractivity contribution in [2.75, 3.05) is 0 Å². The minimum absolute atomic E-state index is 0.192. The maximum absolute atomic E-state index is 14.3. The van der Waals surface area contributed by atoms with Gasteiger partial charge in [-0.15, -0.1) is 0 Å². The first-order valence-corrected chi connectivity index (χ1v) is 10.6. The third-order valence-corrected chi connectivity index (χ3v) is 6.81. The molecular weight excluding hydrogens is 375 g/mol. The van der Waals surface area contributed by atoms with Crippen LogP contribution in [0.1, 0.15) is 73.3 Å². The molecule has 5 heteroatoms. The van der Waals surface area contributed by atoms with Crippen LogP contribution in [0.3, 0.4) is 0 Å². The number of pyridine rings is 1. The van der Waals surface area contributed by atoms with Gasteiger partial charge in [0.15, 0.2) is 0 Å². The van der Waals surface area contributed by atoms with E-state index >= 15 is 0 Å². The molecule has 3 aromatic rings. The summed E-state index contributed by atoms with van der Waals surface area (Å²) in [5, 5.41) is 11.8. The van der Waals surface area contributed by atoms with E-state index in [1.54, 1.807) is 6.07 Å². The third-order valence-electron chi connectivity index (χ3n) is 6.57. The fraction of sp³-hybridized carbons (Fsp3) is 0.435. The Bertz CT molecular complexity index is 1010. The highest BCUT2D eigenvalue weighted by atomic mass is 35.5. The van der Waals surface area contributed by atoms with Crippen LogP contribution in [-0.4, -0.2) is 14.5 Å². The van der Waals surface area contributed by atoms with E-state index in [1.807, 2.05) is 18.6 Å². The first-order valence-electron chi connectivity index (χ1n) is 10.2. The van der Waals surface area contributed by atoms with Gasteiger partial charge in [-0.3, -0.25) is 0 Å². The van der Waals surface area contributed by atoms with Crippen LogP contribution in [0.2, 0.25) is 5.02 Å². The number of hydrogen-bond donors (Lipinski definition) is 1. The summed E-state index contributed by atoms with van der Waals surface area (Å²) in [6.45, 7) is 0. The molecule has 146 valence electrons. The summed E-state index contributed by atoms with van der Waals surface area (Å²) in [5.41, 5.74) is 4.06. The Morgan fingerprint density at radius 3 is 2.39 bits per heavy atom. The van der Waals surface area contributed by atoms with Gasteiger partial charge in [0.1, 0.15) is 5.82 Å². The molecule has 2 saturated carbocycles. The largest absolute Gasteiger partial charge is 0.387 e. The molecule has 2 aliphatic carbocycles. The van der Waals surface area contributed by atoms with Crippen LogP contribution in [0.4, 0.5) is 4.39 Å². The van der Waals surface area contributed by atoms with E-state index in [9.17, 15) is 9.50 Å². The van der Waals surface area contributed by atoms with Crippen molar-refractivity contribution >= 4 is 17.1 Å². The summed E-state index contributed by atoms with van der Waals surface area (Å²) < 4.78 is 16.4. The van der Waals surface area contributed by atoms with E-state index < -0.39 is 6.10 Å². The lowest BCUT2D eigenvalue weighted by molar-refractivity contribution is 0.0752. The highest BCUT2D eigenvalue weighted by Crippen LogP contribution is 2.47. The Morgan fingerprint density at radius 2 is 1.68 bits per heavy atom. The maximum Gasteiger partial charge on any atom is 0.128 e. The van der Waals surface area contributed by atoms with Crippen LogP contribution >= 0.6 is 11.6 Å². The fourth-order valence-electron chi connectivity index (χ4n) is 4.88. The molecule has 5 rings (SSSR count). The molecule has 1 atom stereocenters. The number of benzene rings is 1. The first-order chi connectivity index (χ1) is 13.6. The first kappa shape index (κ1) is 18.1. The molecule has 1 aromatic carbocycles. The summed E-state index contributed by atoms with van der Waals surface area (Å²) in [6.07, 6.45) is 9.10. The normalized spacial score (nSPS) is 23.8. The standard InChI is InChI=1S/C23H24ClFN2O/c24-17-7-9-19(21(25)11-17)14-3-5-16(6-4-14)23(28)22-20(15-1-2-15)10-8-18-12-26-13-27(18)22/h7-16,23,28H,1-6H2/t14?,16?,23-/m0/s1. The van der Waals surface area contributed by atoms with Gasteiger partial charge in [0.25, 0.3) is 0 Å². The van der Waals surface area contributed by atoms with Crippen molar-refractivity contribution in [2.45, 2.75) is 56.5 Å². The molecule has 2 aromatic heterocycles. The lowest BCUT2D eigenvalue weighted by Gasteiger charge is -2.33. The predicted octanol–water partition coefficient (Wildman–Crippen LogP) is 6.01. The number of imidazole rings is 1. The molecule has 2 heterocycles. The molecule has 0 bridgehead atoms. The monoisotopic (exact) mass is 398 g/mol. The van der Waals surface area contributed by atoms with Gasteiger partial charge >= 0.3 is 0 Å². The summed E-state index contributed by atoms with van der Waals surface area (Å²) in [4.78, 5) is 4.28. The van der Waals surface area contributed by atoms with Gasteiger partial charge in [-0.2, -0.15) is 0 Å². The van der Waals surface area contributed by atoms with Gasteiger partial charge in [-0.25, -0.2) is 9.37 Å². The molecule has 28 heavy (non-hydrogen) atoms. The molecule has 2 fully saturated rings. The maximum atomic E-state index is 14.3. The van der Waals surface area contributed by atoms with Crippen molar-refractivity contribution in [3.05, 3.63) is 70.5 Å². The molecule has 2 aliphatic rings. The lowest BCUT2D eigenvalue weighted by atomic mass is 9.75. The number of fused-ring (bicyclic) bond motifs is 1. The molecule has 0 amide bonds. The summed E-state index contributed by atoms with van der Waals surface area (Å²) in [5.74, 6) is 0.747. The molecule has 0 saturated heterocycles. The van der Waals surface area contributed by atoms with Crippen LogP contribution in [0.5, 0.6) is 0 Å². The average Bonchev–Trinajstić information content (AvgIpc) is 3.43. The van der Waals surface area contributed by atoms with Crippen LogP contribution in [-0.2, 0) is 0 Å². The topological polar surface area (TPSA) is 37.5 Å². The second-order valence-electron chi connectivity index (χ2n) is 8.36. The van der Waals surface area contributed by atoms with E-state index in [0.29, 0.717) is 10.9 Å². The smallest absolute Gasteiger partial charge is 0.128 e. The zero-order valence-corrected chi connectivity index (χ0v) is 16.4. The van der Waals surface area contributed by atoms with Gasteiger partial charge in [-0.1, -0.05) is 23.7 Å². The van der Waals surface area contributed by atoms with E-state index in [2.05, 4.69) is 21.5 Å². The second kappa shape index (κ2) is 7.16. The predicted molar refractivity (Wildman–Crippen MR) is 108 cm³/mol. The van der Waals surface area contributed by atoms with Gasteiger partial charge in [0.05, 0.1) is 29.8 Å². The van der Waals surface area contributed by atoms with Crippen molar-refractivity contribution in [1.29, 1.82) is 0 Å². The number of aliphatic hydroxyl groups is 1. The minimum Gasteiger partial charge on any atom is -0.387 e. The Balaban J connectivity index is 1.38. The highest BCUT2D eigenvalue weighted by Gasteiger charge is 2.34. The van der Waals surface area contributed by atoms with E-state index in [1.165, 1.54) is 24.5 Å². The number of aliphatic hydroxyl groups excluding tert-OH is 1. The van der Waals surface area contributed by atoms with E-state index in [4.69, 9.17) is 11.6 Å². The lowest BCUT2D eigenvalue weighted by Crippen LogP contribution is -2.22. The van der Waals surface area contributed by atoms with Crippen LogP contribution in [0, 0.1) is 11.7 Å². The third kappa shape index (κ3) is 3.23. The van der Waals surface area contributed by atoms with Gasteiger partial charge in [-0.05, 0) is 85.6 Å². The molecule has 0 unspecified atom stereocenters. The van der Waals surface area contributed by atoms with Crippen LogP contribution < -0.4 is 0 Å². The minimum atomic E-state index is -0.510. The Kier molecular flexibility index (Phi) is 4.64. The molecule has 0 radical (unpaired) electrons. The van der Waals surface area contributed by atoms with Gasteiger partial charge in [0.2, 0.25) is 0 Å². The highest BCUT2D eigenvalue weighted by molar-refractivity contribution is 6.30. The van der Waals surface area contributed by atoms with Gasteiger partial charge in [0, 0.05) is 5.02 Å². The Morgan fingerprint density at radius 1 is 1.00 bits per heavy atom. The number of hydrogen-bond acceptors (Lipinski definition) is 2. The van der Waals surface area contributed by atoms with Gasteiger partial charge < -0.3 is 9.51 Å². The number of aromatic nitrogens is 2. The number of rotatable bonds is 4. The quantitative estimate of drug-likeness (QED) is 0.584. The van der Waals surface area contributed by atoms with Crippen LogP contribution in [0.25, 0.3) is 5.52 Å². The molecule has 0 aliphatic heterocycles. The molecule has 0 spiro atoms. The van der Waals surface area contributed by atoms with Crippen molar-refractivity contribution in [1.82, 2.24) is 9.38 Å². The zero-order chi connectivity index (χ0) is 19.3. The van der Waals surface area contributed by atoms with Crippen molar-refractivity contribution in [3.63, 3.8) is 0 Å². The summed E-state index contributed by atoms with van der Waals surface area (Å²) in [7, 11) is 0. The van der Waals surface area contributed by atoms with Crippen molar-refractivity contribution in [2.24, 2.45) is 5.92 Å². The summed E-state index contributed by atoms with van der Waals surface area (Å²) in [6, 6.07) is 9.25. The van der Waals surface area contributed by atoms with E-state index in [0.717, 1.165) is 42.5 Å².